The number of hydrogen-bond acceptors (Lipinski definition) is 3. The van der Waals surface area contributed by atoms with E-state index in [9.17, 15) is 14.4 Å². The van der Waals surface area contributed by atoms with Crippen molar-refractivity contribution in [3.63, 3.8) is 0 Å². The number of amides is 3. The molecule has 0 spiro atoms. The molecule has 3 amide bonds. The molecule has 6 nitrogen and oxygen atoms in total. The predicted molar refractivity (Wildman–Crippen MR) is 115 cm³/mol. The lowest BCUT2D eigenvalue weighted by atomic mass is 9.97. The number of anilines is 2. The summed E-state index contributed by atoms with van der Waals surface area (Å²) in [4.78, 5) is 38.7. The van der Waals surface area contributed by atoms with Crippen molar-refractivity contribution in [2.24, 2.45) is 5.92 Å². The van der Waals surface area contributed by atoms with Gasteiger partial charge in [0, 0.05) is 30.4 Å². The van der Waals surface area contributed by atoms with Crippen molar-refractivity contribution in [3.8, 4) is 0 Å². The molecule has 1 aromatic rings. The largest absolute Gasteiger partial charge is 0.348 e. The number of benzene rings is 1. The van der Waals surface area contributed by atoms with Gasteiger partial charge in [-0.25, -0.2) is 0 Å². The van der Waals surface area contributed by atoms with Gasteiger partial charge in [0.05, 0.1) is 0 Å². The summed E-state index contributed by atoms with van der Waals surface area (Å²) >= 11 is 0. The van der Waals surface area contributed by atoms with Gasteiger partial charge in [-0.3, -0.25) is 14.4 Å². The summed E-state index contributed by atoms with van der Waals surface area (Å²) in [7, 11) is 0. The molecular formula is C23H31N3O3. The number of nitrogens with zero attached hydrogens (tertiary/aromatic N) is 1. The van der Waals surface area contributed by atoms with Crippen molar-refractivity contribution >= 4 is 29.1 Å². The van der Waals surface area contributed by atoms with Gasteiger partial charge in [0.25, 0.3) is 0 Å². The van der Waals surface area contributed by atoms with Crippen LogP contribution in [-0.4, -0.2) is 30.8 Å². The van der Waals surface area contributed by atoms with Crippen LogP contribution in [0.1, 0.15) is 57.9 Å². The molecule has 1 aromatic carbocycles. The molecule has 0 atom stereocenters. The fraction of sp³-hybridized carbons (Fsp3) is 0.522. The molecule has 2 aliphatic rings. The van der Waals surface area contributed by atoms with Crippen molar-refractivity contribution in [1.29, 1.82) is 0 Å². The second-order valence-corrected chi connectivity index (χ2v) is 8.16. The third-order valence-electron chi connectivity index (χ3n) is 5.54. The normalized spacial score (nSPS) is 16.1. The summed E-state index contributed by atoms with van der Waals surface area (Å²) in [6, 6.07) is 5.52. The molecule has 0 saturated heterocycles. The van der Waals surface area contributed by atoms with E-state index in [1.165, 1.54) is 18.4 Å². The molecule has 0 aromatic heterocycles. The zero-order valence-corrected chi connectivity index (χ0v) is 17.4. The molecule has 1 aliphatic carbocycles. The highest BCUT2D eigenvalue weighted by Crippen LogP contribution is 2.31. The lowest BCUT2D eigenvalue weighted by Gasteiger charge is -2.31. The first-order valence-corrected chi connectivity index (χ1v) is 10.7. The van der Waals surface area contributed by atoms with E-state index in [0.717, 1.165) is 43.4 Å². The average molecular weight is 398 g/mol. The molecule has 29 heavy (non-hydrogen) atoms. The van der Waals surface area contributed by atoms with Gasteiger partial charge in [-0.05, 0) is 62.6 Å². The van der Waals surface area contributed by atoms with Crippen molar-refractivity contribution in [2.75, 3.05) is 23.3 Å². The maximum Gasteiger partial charge on any atom is 0.313 e. The molecule has 1 aliphatic heterocycles. The zero-order chi connectivity index (χ0) is 20.8. The number of allylic oxidation sites excluding steroid dienone is 1. The predicted octanol–water partition coefficient (Wildman–Crippen LogP) is 3.57. The molecule has 6 heteroatoms. The van der Waals surface area contributed by atoms with Crippen LogP contribution in [0, 0.1) is 5.92 Å². The number of carbonyl (C=O) groups excluding carboxylic acids is 3. The Morgan fingerprint density at radius 1 is 1.07 bits per heavy atom. The summed E-state index contributed by atoms with van der Waals surface area (Å²) in [6.07, 6.45) is 9.50. The highest BCUT2D eigenvalue weighted by atomic mass is 16.2. The van der Waals surface area contributed by atoms with E-state index in [1.54, 1.807) is 17.0 Å². The van der Waals surface area contributed by atoms with E-state index in [4.69, 9.17) is 0 Å². The Hall–Kier alpha value is -2.63. The topological polar surface area (TPSA) is 78.5 Å². The van der Waals surface area contributed by atoms with Crippen molar-refractivity contribution in [1.82, 2.24) is 5.32 Å². The molecule has 0 bridgehead atoms. The first-order chi connectivity index (χ1) is 14.0. The Labute approximate surface area is 172 Å². The van der Waals surface area contributed by atoms with Gasteiger partial charge < -0.3 is 15.5 Å². The number of aryl methyl sites for hydroxylation is 1. The molecule has 2 N–H and O–H groups in total. The molecule has 1 heterocycles. The quantitative estimate of drug-likeness (QED) is 0.589. The van der Waals surface area contributed by atoms with Crippen LogP contribution in [0.5, 0.6) is 0 Å². The van der Waals surface area contributed by atoms with Gasteiger partial charge in [-0.2, -0.15) is 0 Å². The smallest absolute Gasteiger partial charge is 0.313 e. The van der Waals surface area contributed by atoms with Crippen molar-refractivity contribution < 1.29 is 14.4 Å². The van der Waals surface area contributed by atoms with Crippen LogP contribution in [0.25, 0.3) is 0 Å². The van der Waals surface area contributed by atoms with E-state index in [1.807, 2.05) is 19.9 Å². The van der Waals surface area contributed by atoms with Crippen LogP contribution in [-0.2, 0) is 20.8 Å². The van der Waals surface area contributed by atoms with Crippen molar-refractivity contribution in [2.45, 2.75) is 58.8 Å². The van der Waals surface area contributed by atoms with Crippen LogP contribution < -0.4 is 15.5 Å². The number of carbonyl (C=O) groups is 3. The lowest BCUT2D eigenvalue weighted by molar-refractivity contribution is -0.136. The van der Waals surface area contributed by atoms with E-state index >= 15 is 0 Å². The van der Waals surface area contributed by atoms with Gasteiger partial charge >= 0.3 is 11.8 Å². The Bertz CT molecular complexity index is 814. The molecule has 0 fully saturated rings. The van der Waals surface area contributed by atoms with Crippen LogP contribution in [0.2, 0.25) is 0 Å². The highest BCUT2D eigenvalue weighted by Gasteiger charge is 2.25. The Morgan fingerprint density at radius 2 is 1.90 bits per heavy atom. The standard InChI is InChI=1S/C23H31N3O3/c1-16(2)23(29)26-14-6-9-18-10-11-19(15-20(18)26)25-22(28)21(27)24-13-12-17-7-4-3-5-8-17/h7,10-11,15-16H,3-6,8-9,12-14H2,1-2H3,(H,24,27)(H,25,28). The molecule has 0 unspecified atom stereocenters. The second kappa shape index (κ2) is 9.72. The second-order valence-electron chi connectivity index (χ2n) is 8.16. The number of hydrogen-bond donors (Lipinski definition) is 2. The molecule has 0 saturated carbocycles. The Kier molecular flexibility index (Phi) is 7.07. The van der Waals surface area contributed by atoms with Crippen LogP contribution >= 0.6 is 0 Å². The van der Waals surface area contributed by atoms with E-state index in [2.05, 4.69) is 16.7 Å². The third kappa shape index (κ3) is 5.46. The number of fused-ring (bicyclic) bond motifs is 1. The van der Waals surface area contributed by atoms with E-state index in [-0.39, 0.29) is 11.8 Å². The van der Waals surface area contributed by atoms with Gasteiger partial charge in [-0.15, -0.1) is 0 Å². The van der Waals surface area contributed by atoms with Crippen LogP contribution in [0.3, 0.4) is 0 Å². The molecule has 3 rings (SSSR count). The SMILES string of the molecule is CC(C)C(=O)N1CCCc2ccc(NC(=O)C(=O)NCCC3=CCCCC3)cc21. The summed E-state index contributed by atoms with van der Waals surface area (Å²) in [6.45, 7) is 4.92. The van der Waals surface area contributed by atoms with E-state index in [0.29, 0.717) is 18.8 Å². The fourth-order valence-corrected chi connectivity index (χ4v) is 3.93. The summed E-state index contributed by atoms with van der Waals surface area (Å²) in [5.74, 6) is -1.33. The summed E-state index contributed by atoms with van der Waals surface area (Å²) < 4.78 is 0. The minimum atomic E-state index is -0.680. The average Bonchev–Trinajstić information content (AvgIpc) is 2.73. The van der Waals surface area contributed by atoms with Gasteiger partial charge in [0.2, 0.25) is 5.91 Å². The monoisotopic (exact) mass is 397 g/mol. The Morgan fingerprint density at radius 3 is 2.62 bits per heavy atom. The van der Waals surface area contributed by atoms with Crippen molar-refractivity contribution in [3.05, 3.63) is 35.4 Å². The minimum Gasteiger partial charge on any atom is -0.348 e. The van der Waals surface area contributed by atoms with E-state index < -0.39 is 11.8 Å². The molecule has 156 valence electrons. The highest BCUT2D eigenvalue weighted by molar-refractivity contribution is 6.39. The molecular weight excluding hydrogens is 366 g/mol. The zero-order valence-electron chi connectivity index (χ0n) is 17.4. The van der Waals surface area contributed by atoms with Gasteiger partial charge in [0.1, 0.15) is 0 Å². The first-order valence-electron chi connectivity index (χ1n) is 10.7. The number of nitrogens with one attached hydrogen (secondary N) is 2. The summed E-state index contributed by atoms with van der Waals surface area (Å²) in [5.41, 5.74) is 3.81. The first kappa shape index (κ1) is 21.1. The van der Waals surface area contributed by atoms with Gasteiger partial charge in [-0.1, -0.05) is 31.6 Å². The fourth-order valence-electron chi connectivity index (χ4n) is 3.93. The lowest BCUT2D eigenvalue weighted by Crippen LogP contribution is -2.38. The van der Waals surface area contributed by atoms with Crippen LogP contribution in [0.15, 0.2) is 29.8 Å². The minimum absolute atomic E-state index is 0.0733. The third-order valence-corrected chi connectivity index (χ3v) is 5.54. The van der Waals surface area contributed by atoms with Gasteiger partial charge in [0.15, 0.2) is 0 Å². The van der Waals surface area contributed by atoms with Crippen LogP contribution in [0.4, 0.5) is 11.4 Å². The Balaban J connectivity index is 1.58. The molecule has 0 radical (unpaired) electrons. The number of rotatable bonds is 5. The maximum absolute atomic E-state index is 12.5. The maximum atomic E-state index is 12.5. The summed E-state index contributed by atoms with van der Waals surface area (Å²) in [5, 5.41) is 5.36.